The second-order valence-electron chi connectivity index (χ2n) is 7.77. The normalized spacial score (nSPS) is 11.1. The van der Waals surface area contributed by atoms with Gasteiger partial charge >= 0.3 is 0 Å². The summed E-state index contributed by atoms with van der Waals surface area (Å²) in [6.07, 6.45) is 0. The minimum Gasteiger partial charge on any atom is -0.298 e. The number of pyridine rings is 1. The number of rotatable bonds is 4. The molecule has 162 valence electrons. The number of nitro benzene ring substituents is 1. The van der Waals surface area contributed by atoms with Crippen LogP contribution in [-0.2, 0) is 0 Å². The number of hydrogen-bond acceptors (Lipinski definition) is 6. The summed E-state index contributed by atoms with van der Waals surface area (Å²) >= 11 is 1.20. The number of carbonyl (C=O) groups excluding carboxylic acids is 1. The highest BCUT2D eigenvalue weighted by molar-refractivity contribution is 7.22. The summed E-state index contributed by atoms with van der Waals surface area (Å²) in [6.45, 7) is 4.06. The molecule has 0 aliphatic carbocycles. The number of aromatic nitrogens is 2. The zero-order valence-electron chi connectivity index (χ0n) is 17.8. The first-order valence-electron chi connectivity index (χ1n) is 10.2. The highest BCUT2D eigenvalue weighted by Crippen LogP contribution is 2.31. The number of fused-ring (bicyclic) bond motifs is 2. The molecule has 0 saturated carbocycles. The quantitative estimate of drug-likeness (QED) is 0.254. The van der Waals surface area contributed by atoms with Crippen molar-refractivity contribution in [3.05, 3.63) is 93.5 Å². The van der Waals surface area contributed by atoms with E-state index in [-0.39, 0.29) is 11.6 Å². The average Bonchev–Trinajstić information content (AvgIpc) is 3.19. The average molecular weight is 455 g/mol. The van der Waals surface area contributed by atoms with Gasteiger partial charge in [0.2, 0.25) is 0 Å². The Morgan fingerprint density at radius 1 is 0.970 bits per heavy atom. The minimum atomic E-state index is -0.449. The van der Waals surface area contributed by atoms with Gasteiger partial charge in [-0.3, -0.25) is 20.2 Å². The topological polar surface area (TPSA) is 98.0 Å². The molecule has 0 bridgehead atoms. The Labute approximate surface area is 192 Å². The standard InChI is InChI=1S/C25H18N4O3S/c1-14-7-9-17(15(2)11-14)22-13-19(18-5-3-4-6-20(18)26-22)24(30)28-25-27-21-10-8-16(29(31)32)12-23(21)33-25/h3-13H,1-2H3,(H,27,28,30). The van der Waals surface area contributed by atoms with Crippen molar-refractivity contribution in [2.75, 3.05) is 5.32 Å². The number of hydrogen-bond donors (Lipinski definition) is 1. The number of para-hydroxylation sites is 1. The molecule has 3 aromatic carbocycles. The zero-order chi connectivity index (χ0) is 23.1. The second-order valence-corrected chi connectivity index (χ2v) is 8.80. The van der Waals surface area contributed by atoms with Crippen LogP contribution in [-0.4, -0.2) is 20.8 Å². The monoisotopic (exact) mass is 454 g/mol. The maximum Gasteiger partial charge on any atom is 0.270 e. The predicted octanol–water partition coefficient (Wildman–Crippen LogP) is 6.29. The lowest BCUT2D eigenvalue weighted by Gasteiger charge is -2.11. The molecule has 5 rings (SSSR count). The fourth-order valence-corrected chi connectivity index (χ4v) is 4.74. The van der Waals surface area contributed by atoms with Crippen LogP contribution in [0.1, 0.15) is 21.5 Å². The van der Waals surface area contributed by atoms with Gasteiger partial charge in [-0.05, 0) is 37.6 Å². The van der Waals surface area contributed by atoms with E-state index in [4.69, 9.17) is 4.98 Å². The number of benzene rings is 3. The number of carbonyl (C=O) groups is 1. The van der Waals surface area contributed by atoms with Gasteiger partial charge in [0.25, 0.3) is 11.6 Å². The van der Waals surface area contributed by atoms with Gasteiger partial charge in [-0.25, -0.2) is 9.97 Å². The number of nitrogens with zero attached hydrogens (tertiary/aromatic N) is 3. The Kier molecular flexibility index (Phi) is 5.07. The molecule has 5 aromatic rings. The first kappa shape index (κ1) is 20.7. The Hall–Kier alpha value is -4.17. The second kappa shape index (κ2) is 8.07. The Bertz CT molecular complexity index is 1580. The number of nitrogens with one attached hydrogen (secondary N) is 1. The number of thiazole rings is 1. The van der Waals surface area contributed by atoms with Gasteiger partial charge in [-0.1, -0.05) is 53.3 Å². The van der Waals surface area contributed by atoms with E-state index in [0.717, 1.165) is 33.3 Å². The SMILES string of the molecule is Cc1ccc(-c2cc(C(=O)Nc3nc4ccc([N+](=O)[O-])cc4s3)c3ccccc3n2)c(C)c1. The lowest BCUT2D eigenvalue weighted by atomic mass is 9.99. The summed E-state index contributed by atoms with van der Waals surface area (Å²) in [5.74, 6) is -0.312. The van der Waals surface area contributed by atoms with E-state index in [1.807, 2.05) is 50.2 Å². The van der Waals surface area contributed by atoms with E-state index in [0.29, 0.717) is 20.9 Å². The van der Waals surface area contributed by atoms with E-state index >= 15 is 0 Å². The van der Waals surface area contributed by atoms with Crippen molar-refractivity contribution < 1.29 is 9.72 Å². The van der Waals surface area contributed by atoms with Crippen LogP contribution in [0.5, 0.6) is 0 Å². The van der Waals surface area contributed by atoms with Crippen molar-refractivity contribution in [3.63, 3.8) is 0 Å². The van der Waals surface area contributed by atoms with Crippen molar-refractivity contribution >= 4 is 49.2 Å². The van der Waals surface area contributed by atoms with Crippen LogP contribution in [0.3, 0.4) is 0 Å². The van der Waals surface area contributed by atoms with Gasteiger partial charge < -0.3 is 0 Å². The van der Waals surface area contributed by atoms with Gasteiger partial charge in [0.1, 0.15) is 0 Å². The maximum absolute atomic E-state index is 13.3. The van der Waals surface area contributed by atoms with Crippen molar-refractivity contribution in [2.45, 2.75) is 13.8 Å². The molecule has 0 fully saturated rings. The summed E-state index contributed by atoms with van der Waals surface area (Å²) in [4.78, 5) is 33.1. The van der Waals surface area contributed by atoms with E-state index in [2.05, 4.69) is 16.4 Å². The predicted molar refractivity (Wildman–Crippen MR) is 131 cm³/mol. The molecule has 33 heavy (non-hydrogen) atoms. The van der Waals surface area contributed by atoms with Crippen LogP contribution in [0.25, 0.3) is 32.4 Å². The number of nitro groups is 1. The third-order valence-corrected chi connectivity index (χ3v) is 6.36. The first-order valence-corrected chi connectivity index (χ1v) is 11.0. The molecule has 1 amide bonds. The molecule has 0 atom stereocenters. The molecule has 0 spiro atoms. The Morgan fingerprint density at radius 2 is 1.79 bits per heavy atom. The third kappa shape index (κ3) is 3.92. The molecule has 0 aliphatic heterocycles. The maximum atomic E-state index is 13.3. The fraction of sp³-hybridized carbons (Fsp3) is 0.0800. The van der Waals surface area contributed by atoms with Gasteiger partial charge in [-0.2, -0.15) is 0 Å². The lowest BCUT2D eigenvalue weighted by Crippen LogP contribution is -2.13. The largest absolute Gasteiger partial charge is 0.298 e. The number of non-ortho nitro benzene ring substituents is 1. The molecule has 0 unspecified atom stereocenters. The summed E-state index contributed by atoms with van der Waals surface area (Å²) in [6, 6.07) is 19.9. The molecule has 0 radical (unpaired) electrons. The Morgan fingerprint density at radius 3 is 2.58 bits per heavy atom. The van der Waals surface area contributed by atoms with Crippen molar-refractivity contribution in [2.24, 2.45) is 0 Å². The summed E-state index contributed by atoms with van der Waals surface area (Å²) in [5, 5.41) is 15.0. The van der Waals surface area contributed by atoms with Crippen LogP contribution >= 0.6 is 11.3 Å². The molecule has 2 heterocycles. The minimum absolute atomic E-state index is 0.0118. The van der Waals surface area contributed by atoms with Crippen LogP contribution in [0.4, 0.5) is 10.8 Å². The molecule has 0 aliphatic rings. The summed E-state index contributed by atoms with van der Waals surface area (Å²) in [5.41, 5.74) is 5.71. The molecule has 7 nitrogen and oxygen atoms in total. The molecule has 2 aromatic heterocycles. The number of aryl methyl sites for hydroxylation is 2. The molecule has 1 N–H and O–H groups in total. The summed E-state index contributed by atoms with van der Waals surface area (Å²) < 4.78 is 0.634. The smallest absolute Gasteiger partial charge is 0.270 e. The first-order chi connectivity index (χ1) is 15.9. The van der Waals surface area contributed by atoms with Gasteiger partial charge in [0.05, 0.1) is 31.9 Å². The lowest BCUT2D eigenvalue weighted by molar-refractivity contribution is -0.384. The van der Waals surface area contributed by atoms with Crippen molar-refractivity contribution in [1.29, 1.82) is 0 Å². The number of anilines is 1. The zero-order valence-corrected chi connectivity index (χ0v) is 18.6. The number of amides is 1. The highest BCUT2D eigenvalue weighted by Gasteiger charge is 2.17. The fourth-order valence-electron chi connectivity index (χ4n) is 3.85. The van der Waals surface area contributed by atoms with Crippen LogP contribution in [0.15, 0.2) is 66.7 Å². The van der Waals surface area contributed by atoms with E-state index < -0.39 is 4.92 Å². The Balaban J connectivity index is 1.56. The van der Waals surface area contributed by atoms with E-state index in [1.165, 1.54) is 23.5 Å². The van der Waals surface area contributed by atoms with Crippen LogP contribution < -0.4 is 5.32 Å². The molecular formula is C25H18N4O3S. The molecular weight excluding hydrogens is 436 g/mol. The van der Waals surface area contributed by atoms with Crippen LogP contribution in [0, 0.1) is 24.0 Å². The van der Waals surface area contributed by atoms with Gasteiger partial charge in [-0.15, -0.1) is 0 Å². The van der Waals surface area contributed by atoms with Gasteiger partial charge in [0, 0.05) is 23.1 Å². The molecule has 0 saturated heterocycles. The van der Waals surface area contributed by atoms with Crippen molar-refractivity contribution in [3.8, 4) is 11.3 Å². The molecule has 8 heteroatoms. The third-order valence-electron chi connectivity index (χ3n) is 5.42. The summed E-state index contributed by atoms with van der Waals surface area (Å²) in [7, 11) is 0. The van der Waals surface area contributed by atoms with Crippen LogP contribution in [0.2, 0.25) is 0 Å². The van der Waals surface area contributed by atoms with Gasteiger partial charge in [0.15, 0.2) is 5.13 Å². The van der Waals surface area contributed by atoms with E-state index in [9.17, 15) is 14.9 Å². The highest BCUT2D eigenvalue weighted by atomic mass is 32.1. The van der Waals surface area contributed by atoms with Crippen molar-refractivity contribution in [1.82, 2.24) is 9.97 Å². The van der Waals surface area contributed by atoms with E-state index in [1.54, 1.807) is 12.1 Å².